The number of rotatable bonds is 15. The molecule has 1 rings (SSSR count). The number of unbranched alkanes of at least 4 members (excludes halogenated alkanes) is 12. The van der Waals surface area contributed by atoms with Gasteiger partial charge in [0, 0.05) is 12.0 Å². The molecular weight excluding hydrogens is 372 g/mol. The normalized spacial score (nSPS) is 11.6. The van der Waals surface area contributed by atoms with Crippen molar-refractivity contribution in [1.82, 2.24) is 0 Å². The molecule has 1 aromatic rings. The largest absolute Gasteiger partial charge is 0.507 e. The van der Waals surface area contributed by atoms with Crippen molar-refractivity contribution in [2.45, 2.75) is 130 Å². The maximum absolute atomic E-state index is 12.2. The van der Waals surface area contributed by atoms with Gasteiger partial charge in [0.15, 0.2) is 0 Å². The van der Waals surface area contributed by atoms with Gasteiger partial charge in [-0.05, 0) is 36.5 Å². The fourth-order valence-corrected chi connectivity index (χ4v) is 3.85. The molecule has 0 unspecified atom stereocenters. The van der Waals surface area contributed by atoms with E-state index in [1.165, 1.54) is 70.6 Å². The molecule has 0 atom stereocenters. The minimum absolute atomic E-state index is 0.178. The highest BCUT2D eigenvalue weighted by Gasteiger charge is 2.21. The highest BCUT2D eigenvalue weighted by molar-refractivity contribution is 5.72. The first-order chi connectivity index (χ1) is 14.3. The van der Waals surface area contributed by atoms with Crippen LogP contribution in [0.25, 0.3) is 0 Å². The maximum atomic E-state index is 12.2. The lowest BCUT2D eigenvalue weighted by molar-refractivity contribution is -0.134. The van der Waals surface area contributed by atoms with E-state index < -0.39 is 0 Å². The summed E-state index contributed by atoms with van der Waals surface area (Å²) in [5.74, 6) is 0.650. The summed E-state index contributed by atoms with van der Waals surface area (Å²) in [6, 6.07) is 3.54. The number of aryl methyl sites for hydroxylation is 1. The Kier molecular flexibility index (Phi) is 12.8. The maximum Gasteiger partial charge on any atom is 0.311 e. The molecule has 0 saturated heterocycles. The third-order valence-electron chi connectivity index (χ3n) is 5.80. The van der Waals surface area contributed by atoms with Crippen molar-refractivity contribution in [3.63, 3.8) is 0 Å². The zero-order valence-electron chi connectivity index (χ0n) is 20.3. The van der Waals surface area contributed by atoms with Crippen molar-refractivity contribution in [2.75, 3.05) is 0 Å². The molecular formula is C27H46O3. The van der Waals surface area contributed by atoms with Crippen molar-refractivity contribution in [3.05, 3.63) is 23.3 Å². The molecule has 0 bridgehead atoms. The van der Waals surface area contributed by atoms with Crippen molar-refractivity contribution in [3.8, 4) is 11.5 Å². The van der Waals surface area contributed by atoms with Gasteiger partial charge in [0.1, 0.15) is 11.5 Å². The molecule has 0 aliphatic rings. The Morgan fingerprint density at radius 3 is 1.77 bits per heavy atom. The topological polar surface area (TPSA) is 46.5 Å². The fourth-order valence-electron chi connectivity index (χ4n) is 3.85. The average Bonchev–Trinajstić information content (AvgIpc) is 2.67. The summed E-state index contributed by atoms with van der Waals surface area (Å²) >= 11 is 0. The second-order valence-corrected chi connectivity index (χ2v) is 9.85. The fraction of sp³-hybridized carbons (Fsp3) is 0.741. The molecule has 0 radical (unpaired) electrons. The minimum atomic E-state index is -0.202. The Morgan fingerprint density at radius 1 is 0.833 bits per heavy atom. The zero-order valence-corrected chi connectivity index (χ0v) is 20.3. The summed E-state index contributed by atoms with van der Waals surface area (Å²) < 4.78 is 5.54. The Labute approximate surface area is 185 Å². The molecule has 30 heavy (non-hydrogen) atoms. The van der Waals surface area contributed by atoms with Crippen LogP contribution in [0.2, 0.25) is 0 Å². The van der Waals surface area contributed by atoms with Crippen LogP contribution in [0.4, 0.5) is 0 Å². The first-order valence-corrected chi connectivity index (χ1v) is 12.3. The van der Waals surface area contributed by atoms with Crippen LogP contribution in [-0.2, 0) is 10.2 Å². The summed E-state index contributed by atoms with van der Waals surface area (Å²) in [7, 11) is 0. The standard InChI is InChI=1S/C27H46O3/c1-6-7-8-9-10-11-12-13-14-15-16-17-18-19-25(28)30-23-20-22(2)26(29)24(21-23)27(3,4)5/h20-21,29H,6-19H2,1-5H3. The Balaban J connectivity index is 2.14. The minimum Gasteiger partial charge on any atom is -0.507 e. The first-order valence-electron chi connectivity index (χ1n) is 12.3. The number of phenols is 1. The number of hydrogen-bond donors (Lipinski definition) is 1. The van der Waals surface area contributed by atoms with E-state index in [0.29, 0.717) is 17.9 Å². The molecule has 3 heteroatoms. The van der Waals surface area contributed by atoms with Gasteiger partial charge >= 0.3 is 5.97 Å². The summed E-state index contributed by atoms with van der Waals surface area (Å²) in [6.45, 7) is 10.2. The van der Waals surface area contributed by atoms with Crippen molar-refractivity contribution in [2.24, 2.45) is 0 Å². The number of hydrogen-bond acceptors (Lipinski definition) is 3. The second-order valence-electron chi connectivity index (χ2n) is 9.85. The Hall–Kier alpha value is -1.51. The number of phenolic OH excluding ortho intramolecular Hbond substituents is 1. The van der Waals surface area contributed by atoms with Crippen LogP contribution < -0.4 is 4.74 Å². The molecule has 0 amide bonds. The van der Waals surface area contributed by atoms with Gasteiger partial charge in [-0.3, -0.25) is 4.79 Å². The zero-order chi connectivity index (χ0) is 22.4. The SMILES string of the molecule is CCCCCCCCCCCCCCCC(=O)Oc1cc(C)c(O)c(C(C)(C)C)c1. The highest BCUT2D eigenvalue weighted by atomic mass is 16.5. The van der Waals surface area contributed by atoms with Crippen LogP contribution in [0.15, 0.2) is 12.1 Å². The molecule has 172 valence electrons. The van der Waals surface area contributed by atoms with Gasteiger partial charge in [0.05, 0.1) is 0 Å². The predicted molar refractivity (Wildman–Crippen MR) is 127 cm³/mol. The quantitative estimate of drug-likeness (QED) is 0.177. The second kappa shape index (κ2) is 14.5. The van der Waals surface area contributed by atoms with E-state index in [-0.39, 0.29) is 11.4 Å². The lowest BCUT2D eigenvalue weighted by Crippen LogP contribution is -2.13. The van der Waals surface area contributed by atoms with Gasteiger partial charge in [0.25, 0.3) is 0 Å². The summed E-state index contributed by atoms with van der Waals surface area (Å²) in [4.78, 5) is 12.2. The molecule has 0 aromatic heterocycles. The number of carbonyl (C=O) groups is 1. The summed E-state index contributed by atoms with van der Waals surface area (Å²) in [6.07, 6.45) is 17.3. The van der Waals surface area contributed by atoms with E-state index in [1.807, 2.05) is 27.7 Å². The number of aromatic hydroxyl groups is 1. The van der Waals surface area contributed by atoms with Crippen LogP contribution in [0.5, 0.6) is 11.5 Å². The lowest BCUT2D eigenvalue weighted by Gasteiger charge is -2.22. The molecule has 0 saturated carbocycles. The molecule has 1 aromatic carbocycles. The predicted octanol–water partition coefficient (Wildman–Crippen LogP) is 8.38. The molecule has 0 fully saturated rings. The van der Waals surface area contributed by atoms with E-state index in [9.17, 15) is 9.90 Å². The van der Waals surface area contributed by atoms with Gasteiger partial charge in [0.2, 0.25) is 0 Å². The van der Waals surface area contributed by atoms with Gasteiger partial charge in [-0.2, -0.15) is 0 Å². The molecule has 0 aliphatic heterocycles. The molecule has 1 N–H and O–H groups in total. The van der Waals surface area contributed by atoms with E-state index in [2.05, 4.69) is 6.92 Å². The molecule has 0 heterocycles. The van der Waals surface area contributed by atoms with Gasteiger partial charge in [-0.25, -0.2) is 0 Å². The van der Waals surface area contributed by atoms with Crippen molar-refractivity contribution in [1.29, 1.82) is 0 Å². The Morgan fingerprint density at radius 2 is 1.30 bits per heavy atom. The average molecular weight is 419 g/mol. The summed E-state index contributed by atoms with van der Waals surface area (Å²) in [5.41, 5.74) is 1.35. The monoisotopic (exact) mass is 418 g/mol. The van der Waals surface area contributed by atoms with Crippen LogP contribution in [0.3, 0.4) is 0 Å². The highest BCUT2D eigenvalue weighted by Crippen LogP contribution is 2.36. The van der Waals surface area contributed by atoms with E-state index in [1.54, 1.807) is 12.1 Å². The van der Waals surface area contributed by atoms with Crippen LogP contribution in [0.1, 0.15) is 129 Å². The third kappa shape index (κ3) is 11.0. The number of esters is 1. The van der Waals surface area contributed by atoms with Crippen LogP contribution >= 0.6 is 0 Å². The number of carbonyl (C=O) groups excluding carboxylic acids is 1. The van der Waals surface area contributed by atoms with Gasteiger partial charge in [-0.1, -0.05) is 105 Å². The van der Waals surface area contributed by atoms with Gasteiger partial charge < -0.3 is 9.84 Å². The molecule has 0 spiro atoms. The number of ether oxygens (including phenoxy) is 1. The smallest absolute Gasteiger partial charge is 0.311 e. The number of benzene rings is 1. The van der Waals surface area contributed by atoms with E-state index >= 15 is 0 Å². The lowest BCUT2D eigenvalue weighted by atomic mass is 9.85. The van der Waals surface area contributed by atoms with Crippen LogP contribution in [0, 0.1) is 6.92 Å². The van der Waals surface area contributed by atoms with Crippen molar-refractivity contribution >= 4 is 5.97 Å². The van der Waals surface area contributed by atoms with E-state index in [4.69, 9.17) is 4.74 Å². The van der Waals surface area contributed by atoms with Crippen molar-refractivity contribution < 1.29 is 14.6 Å². The Bertz CT molecular complexity index is 613. The first kappa shape index (κ1) is 26.5. The van der Waals surface area contributed by atoms with Gasteiger partial charge in [-0.15, -0.1) is 0 Å². The van der Waals surface area contributed by atoms with E-state index in [0.717, 1.165) is 24.0 Å². The molecule has 0 aliphatic carbocycles. The molecule has 3 nitrogen and oxygen atoms in total. The third-order valence-corrected chi connectivity index (χ3v) is 5.80. The summed E-state index contributed by atoms with van der Waals surface area (Å²) in [5, 5.41) is 10.3. The van der Waals surface area contributed by atoms with Crippen LogP contribution in [-0.4, -0.2) is 11.1 Å².